The van der Waals surface area contributed by atoms with Gasteiger partial charge in [0.05, 0.1) is 23.6 Å². The molecule has 112 valence electrons. The SMILES string of the molecule is CP(C)c1c(Nc2nc(Cl)ncc2Cl)cnc2ccccc12. The first-order chi connectivity index (χ1) is 10.6. The van der Waals surface area contributed by atoms with Crippen LogP contribution >= 0.6 is 31.1 Å². The first-order valence-corrected chi connectivity index (χ1v) is 9.55. The highest BCUT2D eigenvalue weighted by Gasteiger charge is 2.14. The highest BCUT2D eigenvalue weighted by Crippen LogP contribution is 2.34. The molecule has 0 unspecified atom stereocenters. The van der Waals surface area contributed by atoms with Crippen molar-refractivity contribution >= 4 is 58.8 Å². The van der Waals surface area contributed by atoms with E-state index in [1.807, 2.05) is 24.4 Å². The minimum absolute atomic E-state index is 0.150. The molecule has 2 aromatic heterocycles. The molecule has 7 heteroatoms. The van der Waals surface area contributed by atoms with Gasteiger partial charge in [0.1, 0.15) is 5.02 Å². The molecular formula is C15H13Cl2N4P. The maximum absolute atomic E-state index is 6.14. The largest absolute Gasteiger partial charge is 0.337 e. The van der Waals surface area contributed by atoms with Gasteiger partial charge in [-0.05, 0) is 31.0 Å². The maximum atomic E-state index is 6.14. The van der Waals surface area contributed by atoms with Crippen LogP contribution in [0.25, 0.3) is 10.9 Å². The summed E-state index contributed by atoms with van der Waals surface area (Å²) in [5, 5.41) is 6.18. The van der Waals surface area contributed by atoms with Gasteiger partial charge in [-0.25, -0.2) is 4.98 Å². The number of pyridine rings is 1. The van der Waals surface area contributed by atoms with E-state index in [2.05, 4.69) is 39.7 Å². The van der Waals surface area contributed by atoms with Crippen LogP contribution in [0.3, 0.4) is 0 Å². The smallest absolute Gasteiger partial charge is 0.224 e. The van der Waals surface area contributed by atoms with Crippen molar-refractivity contribution < 1.29 is 0 Å². The number of aromatic nitrogens is 3. The molecule has 0 spiro atoms. The lowest BCUT2D eigenvalue weighted by Crippen LogP contribution is -2.11. The Morgan fingerprint density at radius 1 is 1.05 bits per heavy atom. The average Bonchev–Trinajstić information content (AvgIpc) is 2.50. The molecule has 0 aliphatic heterocycles. The molecule has 0 aliphatic rings. The molecule has 0 fully saturated rings. The summed E-state index contributed by atoms with van der Waals surface area (Å²) in [5.74, 6) is 0.483. The normalized spacial score (nSPS) is 11.1. The number of nitrogens with one attached hydrogen (secondary N) is 1. The molecule has 4 nitrogen and oxygen atoms in total. The van der Waals surface area contributed by atoms with Crippen molar-refractivity contribution in [2.45, 2.75) is 0 Å². The van der Waals surface area contributed by atoms with E-state index in [0.717, 1.165) is 16.6 Å². The minimum Gasteiger partial charge on any atom is -0.337 e. The fourth-order valence-electron chi connectivity index (χ4n) is 2.26. The van der Waals surface area contributed by atoms with Crippen molar-refractivity contribution in [3.05, 3.63) is 47.0 Å². The zero-order valence-electron chi connectivity index (χ0n) is 12.0. The van der Waals surface area contributed by atoms with Gasteiger partial charge >= 0.3 is 0 Å². The zero-order chi connectivity index (χ0) is 15.7. The van der Waals surface area contributed by atoms with E-state index < -0.39 is 0 Å². The van der Waals surface area contributed by atoms with Gasteiger partial charge in [-0.1, -0.05) is 37.7 Å². The molecule has 0 radical (unpaired) electrons. The third-order valence-electron chi connectivity index (χ3n) is 3.16. The fraction of sp³-hybridized carbons (Fsp3) is 0.133. The Morgan fingerprint density at radius 3 is 2.59 bits per heavy atom. The molecular weight excluding hydrogens is 338 g/mol. The number of hydrogen-bond acceptors (Lipinski definition) is 4. The highest BCUT2D eigenvalue weighted by molar-refractivity contribution is 7.65. The monoisotopic (exact) mass is 350 g/mol. The summed E-state index contributed by atoms with van der Waals surface area (Å²) in [6.45, 7) is 4.41. The first kappa shape index (κ1) is 15.4. The molecule has 0 aliphatic carbocycles. The number of para-hydroxylation sites is 1. The predicted molar refractivity (Wildman–Crippen MR) is 95.5 cm³/mol. The Kier molecular flexibility index (Phi) is 4.44. The molecule has 0 amide bonds. The lowest BCUT2D eigenvalue weighted by molar-refractivity contribution is 1.17. The highest BCUT2D eigenvalue weighted by atomic mass is 35.5. The van der Waals surface area contributed by atoms with Crippen molar-refractivity contribution in [2.24, 2.45) is 0 Å². The summed E-state index contributed by atoms with van der Waals surface area (Å²) in [5.41, 5.74) is 1.87. The minimum atomic E-state index is -0.352. The molecule has 22 heavy (non-hydrogen) atoms. The fourth-order valence-corrected chi connectivity index (χ4v) is 3.80. The summed E-state index contributed by atoms with van der Waals surface area (Å²) >= 11 is 12.0. The Labute approximate surface area is 139 Å². The lowest BCUT2D eigenvalue weighted by Gasteiger charge is -2.17. The topological polar surface area (TPSA) is 50.7 Å². The maximum Gasteiger partial charge on any atom is 0.224 e. The number of halogens is 2. The third-order valence-corrected chi connectivity index (χ3v) is 5.00. The quantitative estimate of drug-likeness (QED) is 0.560. The summed E-state index contributed by atoms with van der Waals surface area (Å²) in [7, 11) is -0.352. The second kappa shape index (κ2) is 6.33. The van der Waals surface area contributed by atoms with Crippen LogP contribution in [0.5, 0.6) is 0 Å². The third kappa shape index (κ3) is 3.00. The average molecular weight is 351 g/mol. The number of benzene rings is 1. The molecule has 1 N–H and O–H groups in total. The van der Waals surface area contributed by atoms with Gasteiger partial charge in [0.25, 0.3) is 0 Å². The summed E-state index contributed by atoms with van der Waals surface area (Å²) in [6, 6.07) is 8.10. The summed E-state index contributed by atoms with van der Waals surface area (Å²) < 4.78 is 0. The van der Waals surface area contributed by atoms with Crippen molar-refractivity contribution in [3.8, 4) is 0 Å². The molecule has 0 saturated heterocycles. The van der Waals surface area contributed by atoms with Crippen LogP contribution in [0.1, 0.15) is 0 Å². The van der Waals surface area contributed by atoms with Gasteiger partial charge in [0.15, 0.2) is 5.82 Å². The van der Waals surface area contributed by atoms with E-state index in [9.17, 15) is 0 Å². The Hall–Kier alpha value is -1.48. The first-order valence-electron chi connectivity index (χ1n) is 6.56. The Balaban J connectivity index is 2.14. The van der Waals surface area contributed by atoms with Crippen LogP contribution in [0.2, 0.25) is 10.3 Å². The number of hydrogen-bond donors (Lipinski definition) is 1. The van der Waals surface area contributed by atoms with Gasteiger partial charge in [-0.3, -0.25) is 4.98 Å². The van der Waals surface area contributed by atoms with Crippen LogP contribution in [0.15, 0.2) is 36.7 Å². The van der Waals surface area contributed by atoms with Crippen molar-refractivity contribution in [3.63, 3.8) is 0 Å². The number of nitrogens with zero attached hydrogens (tertiary/aromatic N) is 3. The van der Waals surface area contributed by atoms with Crippen molar-refractivity contribution in [1.29, 1.82) is 0 Å². The van der Waals surface area contributed by atoms with E-state index in [1.54, 1.807) is 0 Å². The van der Waals surface area contributed by atoms with E-state index in [-0.39, 0.29) is 13.2 Å². The second-order valence-corrected chi connectivity index (χ2v) is 7.87. The van der Waals surface area contributed by atoms with Crippen LogP contribution in [-0.2, 0) is 0 Å². The van der Waals surface area contributed by atoms with Gasteiger partial charge in [0.2, 0.25) is 5.28 Å². The second-order valence-electron chi connectivity index (χ2n) is 4.89. The van der Waals surface area contributed by atoms with Crippen LogP contribution in [-0.4, -0.2) is 28.3 Å². The number of anilines is 2. The van der Waals surface area contributed by atoms with Crippen LogP contribution < -0.4 is 10.6 Å². The molecule has 0 bridgehead atoms. The van der Waals surface area contributed by atoms with Gasteiger partial charge < -0.3 is 5.32 Å². The molecule has 2 heterocycles. The van der Waals surface area contributed by atoms with E-state index in [1.165, 1.54) is 11.5 Å². The lowest BCUT2D eigenvalue weighted by atomic mass is 10.2. The van der Waals surface area contributed by atoms with Crippen molar-refractivity contribution in [2.75, 3.05) is 18.6 Å². The molecule has 3 aromatic rings. The molecule has 3 rings (SSSR count). The van der Waals surface area contributed by atoms with Crippen molar-refractivity contribution in [1.82, 2.24) is 15.0 Å². The van der Waals surface area contributed by atoms with Gasteiger partial charge in [-0.15, -0.1) is 0 Å². The van der Waals surface area contributed by atoms with E-state index >= 15 is 0 Å². The standard InChI is InChI=1S/C15H13Cl2N4P/c1-22(2)13-9-5-3-4-6-11(9)18-8-12(13)20-14-10(16)7-19-15(17)21-14/h3-8H,1-2H3,(H,19,20,21). The molecule has 0 saturated carbocycles. The van der Waals surface area contributed by atoms with Gasteiger partial charge in [-0.2, -0.15) is 4.98 Å². The molecule has 1 aromatic carbocycles. The summed E-state index contributed by atoms with van der Waals surface area (Å²) in [6.07, 6.45) is 3.29. The number of rotatable bonds is 3. The van der Waals surface area contributed by atoms with Gasteiger partial charge in [0, 0.05) is 10.7 Å². The number of fused-ring (bicyclic) bond motifs is 1. The van der Waals surface area contributed by atoms with Crippen LogP contribution in [0, 0.1) is 0 Å². The summed E-state index contributed by atoms with van der Waals surface area (Å²) in [4.78, 5) is 12.5. The Bertz CT molecular complexity index is 839. The Morgan fingerprint density at radius 2 is 1.82 bits per heavy atom. The van der Waals surface area contributed by atoms with Crippen LogP contribution in [0.4, 0.5) is 11.5 Å². The predicted octanol–water partition coefficient (Wildman–Crippen LogP) is 4.44. The van der Waals surface area contributed by atoms with E-state index in [0.29, 0.717) is 10.8 Å². The molecule has 0 atom stereocenters. The van der Waals surface area contributed by atoms with E-state index in [4.69, 9.17) is 23.2 Å². The zero-order valence-corrected chi connectivity index (χ0v) is 14.4.